The molecule has 1 fully saturated rings. The van der Waals surface area contributed by atoms with Gasteiger partial charge in [0.15, 0.2) is 0 Å². The molecule has 0 radical (unpaired) electrons. The van der Waals surface area contributed by atoms with Crippen molar-refractivity contribution in [1.29, 1.82) is 0 Å². The third-order valence-corrected chi connectivity index (χ3v) is 3.64. The van der Waals surface area contributed by atoms with Crippen molar-refractivity contribution in [1.82, 2.24) is 0 Å². The first-order chi connectivity index (χ1) is 7.47. The molecule has 0 saturated carbocycles. The van der Waals surface area contributed by atoms with E-state index >= 15 is 0 Å². The van der Waals surface area contributed by atoms with Gasteiger partial charge in [0.05, 0.1) is 24.2 Å². The number of carboxylic acid groups (broad SMARTS) is 1. The Morgan fingerprint density at radius 2 is 1.94 bits per heavy atom. The summed E-state index contributed by atoms with van der Waals surface area (Å²) in [6.07, 6.45) is 1.78. The van der Waals surface area contributed by atoms with Crippen molar-refractivity contribution < 1.29 is 19.7 Å². The number of aliphatic carboxylic acids is 1. The molecule has 0 aromatic carbocycles. The Morgan fingerprint density at radius 1 is 1.38 bits per heavy atom. The van der Waals surface area contributed by atoms with Gasteiger partial charge in [0.2, 0.25) is 0 Å². The van der Waals surface area contributed by atoms with E-state index in [-0.39, 0.29) is 24.2 Å². The van der Waals surface area contributed by atoms with Crippen LogP contribution in [0.15, 0.2) is 0 Å². The topological polar surface area (TPSA) is 66.8 Å². The zero-order valence-corrected chi connectivity index (χ0v) is 10.2. The summed E-state index contributed by atoms with van der Waals surface area (Å²) in [6.45, 7) is 5.58. The molecule has 94 valence electrons. The Labute approximate surface area is 96.6 Å². The van der Waals surface area contributed by atoms with Crippen molar-refractivity contribution in [3.05, 3.63) is 0 Å². The molecule has 1 rings (SSSR count). The quantitative estimate of drug-likeness (QED) is 0.753. The molecular formula is C12H22O4. The molecule has 0 aromatic rings. The number of carbonyl (C=O) groups is 1. The fourth-order valence-corrected chi connectivity index (χ4v) is 2.22. The third-order valence-electron chi connectivity index (χ3n) is 3.64. The molecule has 0 aromatic heterocycles. The highest BCUT2D eigenvalue weighted by Gasteiger charge is 2.36. The lowest BCUT2D eigenvalue weighted by molar-refractivity contribution is -0.147. The molecule has 4 heteroatoms. The van der Waals surface area contributed by atoms with Gasteiger partial charge in [0, 0.05) is 5.92 Å². The summed E-state index contributed by atoms with van der Waals surface area (Å²) in [6, 6.07) is 0. The van der Waals surface area contributed by atoms with Crippen LogP contribution in [0.5, 0.6) is 0 Å². The van der Waals surface area contributed by atoms with Crippen LogP contribution in [0.25, 0.3) is 0 Å². The van der Waals surface area contributed by atoms with E-state index in [0.29, 0.717) is 6.42 Å². The van der Waals surface area contributed by atoms with Gasteiger partial charge in [-0.25, -0.2) is 0 Å². The summed E-state index contributed by atoms with van der Waals surface area (Å²) in [4.78, 5) is 10.8. The average Bonchev–Trinajstić information content (AvgIpc) is 2.74. The molecule has 2 N–H and O–H groups in total. The lowest BCUT2D eigenvalue weighted by Gasteiger charge is -2.25. The average molecular weight is 230 g/mol. The van der Waals surface area contributed by atoms with E-state index in [1.165, 1.54) is 0 Å². The van der Waals surface area contributed by atoms with Crippen LogP contribution in [0.3, 0.4) is 0 Å². The molecule has 0 spiro atoms. The van der Waals surface area contributed by atoms with Crippen molar-refractivity contribution in [3.63, 3.8) is 0 Å². The van der Waals surface area contributed by atoms with Gasteiger partial charge >= 0.3 is 5.97 Å². The van der Waals surface area contributed by atoms with E-state index in [0.717, 1.165) is 12.8 Å². The Bertz CT molecular complexity index is 241. The molecular weight excluding hydrogens is 208 g/mol. The number of ether oxygens (including phenoxy) is 1. The smallest absolute Gasteiger partial charge is 0.308 e. The second kappa shape index (κ2) is 5.64. The summed E-state index contributed by atoms with van der Waals surface area (Å²) in [5.74, 6) is -1.19. The van der Waals surface area contributed by atoms with Crippen molar-refractivity contribution in [2.24, 2.45) is 11.8 Å². The standard InChI is InChI=1S/C12H22O4/c1-4-9(13)7(2)10-5-6-11(16-10)8(3)12(14)15/h7-11,13H,4-6H2,1-3H3,(H,14,15)/t7-,8+,9+,10-,11+/m0/s1. The van der Waals surface area contributed by atoms with Gasteiger partial charge in [0.1, 0.15) is 0 Å². The molecule has 1 saturated heterocycles. The van der Waals surface area contributed by atoms with Gasteiger partial charge in [-0.1, -0.05) is 13.8 Å². The second-order valence-corrected chi connectivity index (χ2v) is 4.75. The minimum Gasteiger partial charge on any atom is -0.481 e. The van der Waals surface area contributed by atoms with E-state index in [1.807, 2.05) is 13.8 Å². The molecule has 1 aliphatic heterocycles. The van der Waals surface area contributed by atoms with Crippen molar-refractivity contribution in [3.8, 4) is 0 Å². The highest BCUT2D eigenvalue weighted by Crippen LogP contribution is 2.31. The lowest BCUT2D eigenvalue weighted by atomic mass is 9.94. The molecule has 1 aliphatic rings. The van der Waals surface area contributed by atoms with Crippen LogP contribution in [-0.4, -0.2) is 34.5 Å². The maximum absolute atomic E-state index is 10.8. The Kier molecular flexibility index (Phi) is 4.74. The Balaban J connectivity index is 2.49. The van der Waals surface area contributed by atoms with Crippen molar-refractivity contribution in [2.45, 2.75) is 58.3 Å². The van der Waals surface area contributed by atoms with Gasteiger partial charge in [-0.3, -0.25) is 4.79 Å². The van der Waals surface area contributed by atoms with Crippen LogP contribution >= 0.6 is 0 Å². The SMILES string of the molecule is CC[C@@H](O)[C@H](C)[C@@H]1CC[C@H]([C@@H](C)C(=O)O)O1. The van der Waals surface area contributed by atoms with E-state index < -0.39 is 11.9 Å². The first-order valence-electron chi connectivity index (χ1n) is 6.03. The first kappa shape index (κ1) is 13.5. The van der Waals surface area contributed by atoms with Gasteiger partial charge < -0.3 is 14.9 Å². The van der Waals surface area contributed by atoms with Gasteiger partial charge in [-0.2, -0.15) is 0 Å². The molecule has 0 unspecified atom stereocenters. The fourth-order valence-electron chi connectivity index (χ4n) is 2.22. The number of hydrogen-bond donors (Lipinski definition) is 2. The largest absolute Gasteiger partial charge is 0.481 e. The second-order valence-electron chi connectivity index (χ2n) is 4.75. The zero-order chi connectivity index (χ0) is 12.3. The summed E-state index contributed by atoms with van der Waals surface area (Å²) < 4.78 is 5.73. The molecule has 1 heterocycles. The zero-order valence-electron chi connectivity index (χ0n) is 10.2. The van der Waals surface area contributed by atoms with E-state index in [2.05, 4.69) is 0 Å². The maximum Gasteiger partial charge on any atom is 0.308 e. The normalized spacial score (nSPS) is 31.0. The highest BCUT2D eigenvalue weighted by atomic mass is 16.5. The van der Waals surface area contributed by atoms with Gasteiger partial charge in [-0.15, -0.1) is 0 Å². The summed E-state index contributed by atoms with van der Waals surface area (Å²) in [7, 11) is 0. The third kappa shape index (κ3) is 2.95. The fraction of sp³-hybridized carbons (Fsp3) is 0.917. The predicted molar refractivity (Wildman–Crippen MR) is 60.2 cm³/mol. The van der Waals surface area contributed by atoms with E-state index in [9.17, 15) is 9.90 Å². The van der Waals surface area contributed by atoms with Crippen LogP contribution in [0.1, 0.15) is 40.0 Å². The molecule has 0 aliphatic carbocycles. The molecule has 0 amide bonds. The van der Waals surface area contributed by atoms with Crippen molar-refractivity contribution in [2.75, 3.05) is 0 Å². The van der Waals surface area contributed by atoms with Gasteiger partial charge in [-0.05, 0) is 26.2 Å². The molecule has 4 nitrogen and oxygen atoms in total. The maximum atomic E-state index is 10.8. The summed E-state index contributed by atoms with van der Waals surface area (Å²) >= 11 is 0. The summed E-state index contributed by atoms with van der Waals surface area (Å²) in [5, 5.41) is 18.6. The summed E-state index contributed by atoms with van der Waals surface area (Å²) in [5.41, 5.74) is 0. The number of aliphatic hydroxyl groups excluding tert-OH is 1. The lowest BCUT2D eigenvalue weighted by Crippen LogP contribution is -2.31. The van der Waals surface area contributed by atoms with Crippen LogP contribution in [-0.2, 0) is 9.53 Å². The minimum absolute atomic E-state index is 0.00162. The van der Waals surface area contributed by atoms with Crippen LogP contribution in [0.2, 0.25) is 0 Å². The predicted octanol–water partition coefficient (Wildman–Crippen LogP) is 1.66. The van der Waals surface area contributed by atoms with E-state index in [4.69, 9.17) is 9.84 Å². The van der Waals surface area contributed by atoms with E-state index in [1.54, 1.807) is 6.92 Å². The number of aliphatic hydroxyl groups is 1. The monoisotopic (exact) mass is 230 g/mol. The van der Waals surface area contributed by atoms with Crippen LogP contribution < -0.4 is 0 Å². The Hall–Kier alpha value is -0.610. The van der Waals surface area contributed by atoms with Crippen LogP contribution in [0.4, 0.5) is 0 Å². The molecule has 5 atom stereocenters. The molecule has 0 bridgehead atoms. The van der Waals surface area contributed by atoms with Crippen LogP contribution in [0, 0.1) is 11.8 Å². The number of hydrogen-bond acceptors (Lipinski definition) is 3. The molecule has 16 heavy (non-hydrogen) atoms. The number of carboxylic acids is 1. The van der Waals surface area contributed by atoms with Gasteiger partial charge in [0.25, 0.3) is 0 Å². The minimum atomic E-state index is -0.811. The highest BCUT2D eigenvalue weighted by molar-refractivity contribution is 5.70. The number of rotatable bonds is 5. The Morgan fingerprint density at radius 3 is 2.44 bits per heavy atom. The first-order valence-corrected chi connectivity index (χ1v) is 6.03. The van der Waals surface area contributed by atoms with Crippen molar-refractivity contribution >= 4 is 5.97 Å².